The second kappa shape index (κ2) is 9.96. The number of aromatic nitrogens is 2. The Bertz CT molecular complexity index is 1130. The molecule has 0 fully saturated rings. The first-order valence-corrected chi connectivity index (χ1v) is 10.5. The minimum absolute atomic E-state index is 0.0140. The van der Waals surface area contributed by atoms with E-state index in [1.807, 2.05) is 67.6 Å². The third-order valence-corrected chi connectivity index (χ3v) is 5.14. The highest BCUT2D eigenvalue weighted by molar-refractivity contribution is 5.93. The molecule has 4 rings (SSSR count). The number of hydrogen-bond donors (Lipinski definition) is 0. The summed E-state index contributed by atoms with van der Waals surface area (Å²) in [7, 11) is 1.62. The Balaban J connectivity index is 1.37. The van der Waals surface area contributed by atoms with Crippen LogP contribution in [-0.4, -0.2) is 23.2 Å². The average Bonchev–Trinajstić information content (AvgIpc) is 3.50. The van der Waals surface area contributed by atoms with Gasteiger partial charge in [0.05, 0.1) is 19.9 Å². The van der Waals surface area contributed by atoms with Crippen molar-refractivity contribution in [3.05, 3.63) is 84.1 Å². The second-order valence-electron chi connectivity index (χ2n) is 7.49. The van der Waals surface area contributed by atoms with Gasteiger partial charge in [-0.05, 0) is 61.9 Å². The van der Waals surface area contributed by atoms with Gasteiger partial charge in [0.15, 0.2) is 0 Å². The molecule has 7 heteroatoms. The van der Waals surface area contributed by atoms with Crippen molar-refractivity contribution in [1.29, 1.82) is 0 Å². The Labute approximate surface area is 186 Å². The van der Waals surface area contributed by atoms with Gasteiger partial charge in [0, 0.05) is 24.1 Å². The number of aryl methyl sites for hydroxylation is 2. The van der Waals surface area contributed by atoms with Gasteiger partial charge in [-0.3, -0.25) is 4.79 Å². The van der Waals surface area contributed by atoms with Crippen molar-refractivity contribution in [3.63, 3.8) is 0 Å². The van der Waals surface area contributed by atoms with Crippen LogP contribution in [0.15, 0.2) is 75.9 Å². The molecular formula is C25H25N3O4. The number of carbonyl (C=O) groups is 1. The Morgan fingerprint density at radius 2 is 1.84 bits per heavy atom. The minimum atomic E-state index is 0.0140. The molecule has 0 aliphatic heterocycles. The van der Waals surface area contributed by atoms with E-state index in [-0.39, 0.29) is 5.91 Å². The Morgan fingerprint density at radius 1 is 1.06 bits per heavy atom. The maximum Gasteiger partial charge on any atom is 0.227 e. The molecule has 164 valence electrons. The molecule has 2 aromatic carbocycles. The van der Waals surface area contributed by atoms with Gasteiger partial charge in [0.25, 0.3) is 0 Å². The van der Waals surface area contributed by atoms with Crippen molar-refractivity contribution in [2.24, 2.45) is 0 Å². The predicted octanol–water partition coefficient (Wildman–Crippen LogP) is 5.20. The number of furan rings is 1. The molecule has 0 unspecified atom stereocenters. The number of nitrogens with zero attached hydrogens (tertiary/aromatic N) is 3. The molecule has 2 heterocycles. The molecule has 32 heavy (non-hydrogen) atoms. The zero-order valence-corrected chi connectivity index (χ0v) is 18.2. The van der Waals surface area contributed by atoms with Gasteiger partial charge in [-0.25, -0.2) is 0 Å². The summed E-state index contributed by atoms with van der Waals surface area (Å²) in [6.07, 6.45) is 3.10. The van der Waals surface area contributed by atoms with E-state index in [1.54, 1.807) is 18.3 Å². The maximum absolute atomic E-state index is 13.0. The highest BCUT2D eigenvalue weighted by Gasteiger charge is 2.18. The zero-order valence-electron chi connectivity index (χ0n) is 18.2. The Kier molecular flexibility index (Phi) is 6.65. The van der Waals surface area contributed by atoms with Gasteiger partial charge in [-0.15, -0.1) is 0 Å². The number of methoxy groups -OCH3 is 1. The van der Waals surface area contributed by atoms with E-state index in [2.05, 4.69) is 10.1 Å². The van der Waals surface area contributed by atoms with Gasteiger partial charge in [0.2, 0.25) is 17.6 Å². The summed E-state index contributed by atoms with van der Waals surface area (Å²) in [4.78, 5) is 19.2. The van der Waals surface area contributed by atoms with Gasteiger partial charge < -0.3 is 18.6 Å². The summed E-state index contributed by atoms with van der Waals surface area (Å²) in [5, 5.41) is 4.05. The first-order chi connectivity index (χ1) is 15.6. The lowest BCUT2D eigenvalue weighted by Gasteiger charge is -2.22. The standard InChI is InChI=1S/C25H25N3O4/c1-18-8-12-20(13-9-18)28(17-22-5-4-16-31-22)24(29)7-3-6-23-26-25(27-32-23)19-10-14-21(30-2)15-11-19/h4-5,8-16H,3,6-7,17H2,1-2H3. The summed E-state index contributed by atoms with van der Waals surface area (Å²) >= 11 is 0. The van der Waals surface area contributed by atoms with Crippen LogP contribution in [0.5, 0.6) is 5.75 Å². The number of ether oxygens (including phenoxy) is 1. The number of carbonyl (C=O) groups excluding carboxylic acids is 1. The molecule has 0 atom stereocenters. The fourth-order valence-electron chi connectivity index (χ4n) is 3.35. The third kappa shape index (κ3) is 5.24. The van der Waals surface area contributed by atoms with Gasteiger partial charge in [0.1, 0.15) is 11.5 Å². The van der Waals surface area contributed by atoms with E-state index in [1.165, 1.54) is 0 Å². The summed E-state index contributed by atoms with van der Waals surface area (Å²) in [5.74, 6) is 2.55. The average molecular weight is 431 g/mol. The highest BCUT2D eigenvalue weighted by atomic mass is 16.5. The van der Waals surface area contributed by atoms with Crippen LogP contribution in [0.1, 0.15) is 30.1 Å². The molecule has 4 aromatic rings. The largest absolute Gasteiger partial charge is 0.497 e. The number of anilines is 1. The first kappa shape index (κ1) is 21.4. The molecule has 0 N–H and O–H groups in total. The lowest BCUT2D eigenvalue weighted by atomic mass is 10.1. The third-order valence-electron chi connectivity index (χ3n) is 5.14. The molecule has 0 saturated heterocycles. The van der Waals surface area contributed by atoms with E-state index < -0.39 is 0 Å². The quantitative estimate of drug-likeness (QED) is 0.362. The summed E-state index contributed by atoms with van der Waals surface area (Å²) in [6.45, 7) is 2.41. The van der Waals surface area contributed by atoms with Gasteiger partial charge in [-0.1, -0.05) is 22.9 Å². The minimum Gasteiger partial charge on any atom is -0.497 e. The monoisotopic (exact) mass is 431 g/mol. The molecule has 1 amide bonds. The fraction of sp³-hybridized carbons (Fsp3) is 0.240. The van der Waals surface area contributed by atoms with E-state index >= 15 is 0 Å². The molecule has 0 aliphatic carbocycles. The molecule has 0 spiro atoms. The summed E-state index contributed by atoms with van der Waals surface area (Å²) < 4.78 is 16.0. The van der Waals surface area contributed by atoms with E-state index in [0.717, 1.165) is 28.3 Å². The first-order valence-electron chi connectivity index (χ1n) is 10.5. The zero-order chi connectivity index (χ0) is 22.3. The van der Waals surface area contributed by atoms with E-state index in [4.69, 9.17) is 13.7 Å². The summed E-state index contributed by atoms with van der Waals surface area (Å²) in [5.41, 5.74) is 2.83. The van der Waals surface area contributed by atoms with Gasteiger partial charge in [-0.2, -0.15) is 4.98 Å². The van der Waals surface area contributed by atoms with Crippen LogP contribution >= 0.6 is 0 Å². The van der Waals surface area contributed by atoms with Crippen molar-refractivity contribution in [2.45, 2.75) is 32.7 Å². The van der Waals surface area contributed by atoms with Crippen LogP contribution in [0.3, 0.4) is 0 Å². The molecule has 0 radical (unpaired) electrons. The second-order valence-corrected chi connectivity index (χ2v) is 7.49. The van der Waals surface area contributed by atoms with Crippen molar-refractivity contribution >= 4 is 11.6 Å². The van der Waals surface area contributed by atoms with E-state index in [9.17, 15) is 4.79 Å². The van der Waals surface area contributed by atoms with Crippen LogP contribution in [0.2, 0.25) is 0 Å². The molecule has 0 bridgehead atoms. The smallest absolute Gasteiger partial charge is 0.227 e. The Morgan fingerprint density at radius 3 is 2.53 bits per heavy atom. The van der Waals surface area contributed by atoms with Crippen molar-refractivity contribution in [3.8, 4) is 17.1 Å². The number of benzene rings is 2. The normalized spacial score (nSPS) is 10.8. The van der Waals surface area contributed by atoms with Crippen LogP contribution in [-0.2, 0) is 17.8 Å². The molecule has 7 nitrogen and oxygen atoms in total. The van der Waals surface area contributed by atoms with Crippen LogP contribution in [0.25, 0.3) is 11.4 Å². The summed E-state index contributed by atoms with van der Waals surface area (Å²) in [6, 6.07) is 19.1. The predicted molar refractivity (Wildman–Crippen MR) is 120 cm³/mol. The molecule has 0 aliphatic rings. The molecule has 0 saturated carbocycles. The highest BCUT2D eigenvalue weighted by Crippen LogP contribution is 2.22. The van der Waals surface area contributed by atoms with Crippen LogP contribution in [0, 0.1) is 6.92 Å². The number of hydrogen-bond acceptors (Lipinski definition) is 6. The molecule has 2 aromatic heterocycles. The van der Waals surface area contributed by atoms with E-state index in [0.29, 0.717) is 37.5 Å². The number of rotatable bonds is 9. The number of amides is 1. The molecular weight excluding hydrogens is 406 g/mol. The topological polar surface area (TPSA) is 81.6 Å². The fourth-order valence-corrected chi connectivity index (χ4v) is 3.35. The lowest BCUT2D eigenvalue weighted by molar-refractivity contribution is -0.118. The van der Waals surface area contributed by atoms with Gasteiger partial charge >= 0.3 is 0 Å². The SMILES string of the molecule is COc1ccc(-c2noc(CCCC(=O)N(Cc3ccco3)c3ccc(C)cc3)n2)cc1. The van der Waals surface area contributed by atoms with Crippen LogP contribution < -0.4 is 9.64 Å². The van der Waals surface area contributed by atoms with Crippen molar-refractivity contribution < 1.29 is 18.5 Å². The van der Waals surface area contributed by atoms with Crippen molar-refractivity contribution in [2.75, 3.05) is 12.0 Å². The Hall–Kier alpha value is -3.87. The maximum atomic E-state index is 13.0. The van der Waals surface area contributed by atoms with Crippen molar-refractivity contribution in [1.82, 2.24) is 10.1 Å². The van der Waals surface area contributed by atoms with Crippen LogP contribution in [0.4, 0.5) is 5.69 Å². The lowest BCUT2D eigenvalue weighted by Crippen LogP contribution is -2.30.